The lowest BCUT2D eigenvalue weighted by atomic mass is 10.1. The van der Waals surface area contributed by atoms with Crippen LogP contribution in [0, 0.1) is 0 Å². The van der Waals surface area contributed by atoms with Gasteiger partial charge in [0.25, 0.3) is 11.8 Å². The van der Waals surface area contributed by atoms with E-state index in [1.165, 1.54) is 18.2 Å². The minimum absolute atomic E-state index is 0.119. The predicted octanol–water partition coefficient (Wildman–Crippen LogP) is 1.34. The summed E-state index contributed by atoms with van der Waals surface area (Å²) in [5.74, 6) is -2.36. The van der Waals surface area contributed by atoms with E-state index in [1.807, 2.05) is 0 Å². The fourth-order valence-corrected chi connectivity index (χ4v) is 2.91. The second-order valence-electron chi connectivity index (χ2n) is 5.59. The van der Waals surface area contributed by atoms with Gasteiger partial charge in [0.1, 0.15) is 0 Å². The summed E-state index contributed by atoms with van der Waals surface area (Å²) in [6, 6.07) is 14.1. The van der Waals surface area contributed by atoms with Crippen molar-refractivity contribution in [1.29, 1.82) is 0 Å². The number of hydrogen-bond donors (Lipinski definition) is 1. The first-order valence-electron chi connectivity index (χ1n) is 7.57. The molecule has 0 atom stereocenters. The molecule has 0 spiro atoms. The molecule has 8 heteroatoms. The topological polar surface area (TPSA) is 107 Å². The van der Waals surface area contributed by atoms with Gasteiger partial charge >= 0.3 is 5.97 Å². The number of carbonyl (C=O) groups excluding carboxylic acids is 3. The van der Waals surface area contributed by atoms with Crippen LogP contribution in [0.2, 0.25) is 0 Å². The number of sulfone groups is 1. The molecule has 7 nitrogen and oxygen atoms in total. The van der Waals surface area contributed by atoms with Crippen molar-refractivity contribution in [1.82, 2.24) is 5.32 Å². The summed E-state index contributed by atoms with van der Waals surface area (Å²) in [7, 11) is -3.24. The third kappa shape index (κ3) is 6.14. The van der Waals surface area contributed by atoms with Crippen molar-refractivity contribution in [3.63, 3.8) is 0 Å². The monoisotopic (exact) mass is 375 g/mol. The molecule has 2 amide bonds. The zero-order valence-corrected chi connectivity index (χ0v) is 14.8. The first-order valence-corrected chi connectivity index (χ1v) is 9.64. The Kier molecular flexibility index (Phi) is 6.24. The molecule has 0 aromatic heterocycles. The molecule has 136 valence electrons. The SMILES string of the molecule is CS(=O)(=O)Cc1cccc(C(=O)OCC(=O)NC(=O)c2ccccc2)c1. The van der Waals surface area contributed by atoms with Gasteiger partial charge in [-0.2, -0.15) is 0 Å². The minimum Gasteiger partial charge on any atom is -0.452 e. The van der Waals surface area contributed by atoms with Crippen LogP contribution in [0.1, 0.15) is 26.3 Å². The lowest BCUT2D eigenvalue weighted by molar-refractivity contribution is -0.123. The molecule has 0 saturated carbocycles. The molecule has 0 saturated heterocycles. The molecule has 1 N–H and O–H groups in total. The fourth-order valence-electron chi connectivity index (χ4n) is 2.13. The molecule has 0 radical (unpaired) electrons. The number of nitrogens with one attached hydrogen (secondary N) is 1. The lowest BCUT2D eigenvalue weighted by Crippen LogP contribution is -2.34. The number of amides is 2. The molecule has 0 unspecified atom stereocenters. The Labute approximate surface area is 150 Å². The molecule has 0 aliphatic rings. The van der Waals surface area contributed by atoms with E-state index in [0.29, 0.717) is 11.1 Å². The van der Waals surface area contributed by atoms with Crippen LogP contribution in [0.3, 0.4) is 0 Å². The maximum Gasteiger partial charge on any atom is 0.338 e. The largest absolute Gasteiger partial charge is 0.452 e. The van der Waals surface area contributed by atoms with Crippen molar-refractivity contribution >= 4 is 27.6 Å². The summed E-state index contributed by atoms with van der Waals surface area (Å²) in [4.78, 5) is 35.5. The van der Waals surface area contributed by atoms with Crippen molar-refractivity contribution < 1.29 is 27.5 Å². The Bertz CT molecular complexity index is 922. The van der Waals surface area contributed by atoms with Crippen molar-refractivity contribution in [2.75, 3.05) is 12.9 Å². The summed E-state index contributed by atoms with van der Waals surface area (Å²) >= 11 is 0. The van der Waals surface area contributed by atoms with Gasteiger partial charge < -0.3 is 4.74 Å². The van der Waals surface area contributed by atoms with Gasteiger partial charge in [0, 0.05) is 11.8 Å². The zero-order valence-electron chi connectivity index (χ0n) is 14.0. The number of esters is 1. The molecule has 0 aliphatic heterocycles. The highest BCUT2D eigenvalue weighted by molar-refractivity contribution is 7.89. The third-order valence-corrected chi connectivity index (χ3v) is 4.07. The summed E-state index contributed by atoms with van der Waals surface area (Å²) < 4.78 is 27.5. The van der Waals surface area contributed by atoms with Gasteiger partial charge in [-0.05, 0) is 29.8 Å². The number of carbonyl (C=O) groups is 3. The van der Waals surface area contributed by atoms with Gasteiger partial charge in [0.05, 0.1) is 11.3 Å². The summed E-state index contributed by atoms with van der Waals surface area (Å²) in [5.41, 5.74) is 0.861. The Morgan fingerprint density at radius 2 is 1.62 bits per heavy atom. The van der Waals surface area contributed by atoms with Crippen LogP contribution in [0.4, 0.5) is 0 Å². The van der Waals surface area contributed by atoms with E-state index < -0.39 is 34.2 Å². The van der Waals surface area contributed by atoms with Crippen LogP contribution in [-0.4, -0.2) is 39.1 Å². The van der Waals surface area contributed by atoms with Gasteiger partial charge in [-0.3, -0.25) is 14.9 Å². The third-order valence-electron chi connectivity index (χ3n) is 3.21. The highest BCUT2D eigenvalue weighted by Crippen LogP contribution is 2.10. The molecule has 2 aromatic carbocycles. The van der Waals surface area contributed by atoms with Gasteiger partial charge in [-0.15, -0.1) is 0 Å². The molecule has 0 heterocycles. The molecule has 0 aliphatic carbocycles. The van der Waals surface area contributed by atoms with E-state index in [4.69, 9.17) is 4.74 Å². The molecule has 0 bridgehead atoms. The molecule has 0 fully saturated rings. The molecule has 2 aromatic rings. The summed E-state index contributed by atoms with van der Waals surface area (Å²) in [6.45, 7) is -0.631. The zero-order chi connectivity index (χ0) is 19.2. The van der Waals surface area contributed by atoms with Crippen molar-refractivity contribution in [2.24, 2.45) is 0 Å². The number of imide groups is 1. The highest BCUT2D eigenvalue weighted by Gasteiger charge is 2.14. The average Bonchev–Trinajstić information content (AvgIpc) is 2.59. The molecule has 26 heavy (non-hydrogen) atoms. The van der Waals surface area contributed by atoms with E-state index in [9.17, 15) is 22.8 Å². The summed E-state index contributed by atoms with van der Waals surface area (Å²) in [6.07, 6.45) is 1.09. The number of ether oxygens (including phenoxy) is 1. The van der Waals surface area contributed by atoms with E-state index in [1.54, 1.807) is 36.4 Å². The van der Waals surface area contributed by atoms with Gasteiger partial charge in [0.15, 0.2) is 16.4 Å². The standard InChI is InChI=1S/C18H17NO6S/c1-26(23,24)12-13-6-5-9-15(10-13)18(22)25-11-16(20)19-17(21)14-7-3-2-4-8-14/h2-10H,11-12H2,1H3,(H,19,20,21). The van der Waals surface area contributed by atoms with Crippen LogP contribution >= 0.6 is 0 Å². The quantitative estimate of drug-likeness (QED) is 0.764. The molecular formula is C18H17NO6S. The Morgan fingerprint density at radius 1 is 0.962 bits per heavy atom. The number of rotatable bonds is 6. The fraction of sp³-hybridized carbons (Fsp3) is 0.167. The molecular weight excluding hydrogens is 358 g/mol. The first kappa shape index (κ1) is 19.3. The van der Waals surface area contributed by atoms with Crippen LogP contribution in [0.25, 0.3) is 0 Å². The maximum absolute atomic E-state index is 12.0. The predicted molar refractivity (Wildman–Crippen MR) is 94.2 cm³/mol. The minimum atomic E-state index is -3.24. The van der Waals surface area contributed by atoms with Crippen LogP contribution in [0.15, 0.2) is 54.6 Å². The maximum atomic E-state index is 12.0. The van der Waals surface area contributed by atoms with Gasteiger partial charge in [-0.25, -0.2) is 13.2 Å². The molecule has 2 rings (SSSR count). The summed E-state index contributed by atoms with van der Waals surface area (Å²) in [5, 5.41) is 2.11. The Morgan fingerprint density at radius 3 is 2.27 bits per heavy atom. The van der Waals surface area contributed by atoms with E-state index >= 15 is 0 Å². The van der Waals surface area contributed by atoms with Crippen molar-refractivity contribution in [2.45, 2.75) is 5.75 Å². The lowest BCUT2D eigenvalue weighted by Gasteiger charge is -2.07. The normalized spacial score (nSPS) is 10.8. The second-order valence-corrected chi connectivity index (χ2v) is 7.73. The van der Waals surface area contributed by atoms with Crippen molar-refractivity contribution in [3.8, 4) is 0 Å². The Hall–Kier alpha value is -3.00. The second kappa shape index (κ2) is 8.39. The number of hydrogen-bond acceptors (Lipinski definition) is 6. The van der Waals surface area contributed by atoms with Crippen molar-refractivity contribution in [3.05, 3.63) is 71.3 Å². The van der Waals surface area contributed by atoms with E-state index in [2.05, 4.69) is 5.32 Å². The van der Waals surface area contributed by atoms with Gasteiger partial charge in [0.2, 0.25) is 0 Å². The Balaban J connectivity index is 1.91. The number of benzene rings is 2. The van der Waals surface area contributed by atoms with E-state index in [-0.39, 0.29) is 11.3 Å². The van der Waals surface area contributed by atoms with Gasteiger partial charge in [-0.1, -0.05) is 30.3 Å². The van der Waals surface area contributed by atoms with E-state index in [0.717, 1.165) is 6.26 Å². The average molecular weight is 375 g/mol. The smallest absolute Gasteiger partial charge is 0.338 e. The first-order chi connectivity index (χ1) is 12.2. The highest BCUT2D eigenvalue weighted by atomic mass is 32.2. The van der Waals surface area contributed by atoms with Crippen LogP contribution in [0.5, 0.6) is 0 Å². The van der Waals surface area contributed by atoms with Crippen LogP contribution < -0.4 is 5.32 Å². The van der Waals surface area contributed by atoms with Crippen LogP contribution in [-0.2, 0) is 25.1 Å².